The Bertz CT molecular complexity index is 900. The highest BCUT2D eigenvalue weighted by atomic mass is 32.2. The number of hydrogen-bond donors (Lipinski definition) is 0. The zero-order valence-corrected chi connectivity index (χ0v) is 21.1. The van der Waals surface area contributed by atoms with Gasteiger partial charge in [0.1, 0.15) is 0 Å². The standard InChI is InChI=1S/C23H31F8NO3S/c1-4-16(18-9-8-17(32(33)34)14-19(18)22(26,27)28)15-20(2,3)10-5-6-12-36(35)13-7-11-21(24,25)23(29,30)31/h8-9,14,16H,4-7,10-13,15H2,1-3H3. The van der Waals surface area contributed by atoms with Crippen molar-refractivity contribution in [2.75, 3.05) is 11.5 Å². The van der Waals surface area contributed by atoms with Gasteiger partial charge in [0.05, 0.1) is 10.5 Å². The molecule has 0 spiro atoms. The van der Waals surface area contributed by atoms with Gasteiger partial charge in [-0.3, -0.25) is 14.3 Å². The van der Waals surface area contributed by atoms with Gasteiger partial charge < -0.3 is 0 Å². The molecule has 1 aromatic rings. The van der Waals surface area contributed by atoms with Crippen molar-refractivity contribution in [1.82, 2.24) is 0 Å². The summed E-state index contributed by atoms with van der Waals surface area (Å²) in [6.45, 7) is 5.46. The predicted molar refractivity (Wildman–Crippen MR) is 121 cm³/mol. The largest absolute Gasteiger partial charge is 0.453 e. The number of nitrogens with zero attached hydrogens (tertiary/aromatic N) is 1. The maximum atomic E-state index is 13.6. The average molecular weight is 554 g/mol. The number of non-ortho nitro benzene ring substituents is 1. The van der Waals surface area contributed by atoms with Gasteiger partial charge in [-0.15, -0.1) is 0 Å². The van der Waals surface area contributed by atoms with Gasteiger partial charge in [-0.2, -0.15) is 35.1 Å². The number of hydrogen-bond acceptors (Lipinski definition) is 3. The predicted octanol–water partition coefficient (Wildman–Crippen LogP) is 8.42. The summed E-state index contributed by atoms with van der Waals surface area (Å²) in [6, 6.07) is 2.75. The second kappa shape index (κ2) is 12.6. The lowest BCUT2D eigenvalue weighted by atomic mass is 9.75. The minimum Gasteiger partial charge on any atom is -0.260 e. The minimum atomic E-state index is -5.63. The number of halogens is 8. The maximum Gasteiger partial charge on any atom is 0.453 e. The van der Waals surface area contributed by atoms with Crippen LogP contribution in [0, 0.1) is 15.5 Å². The van der Waals surface area contributed by atoms with Crippen molar-refractivity contribution < 1.29 is 44.3 Å². The van der Waals surface area contributed by atoms with E-state index in [-0.39, 0.29) is 17.1 Å². The summed E-state index contributed by atoms with van der Waals surface area (Å²) in [7, 11) is -1.55. The Kier molecular flexibility index (Phi) is 11.3. The molecule has 0 heterocycles. The van der Waals surface area contributed by atoms with Crippen LogP contribution in [0.15, 0.2) is 18.2 Å². The lowest BCUT2D eigenvalue weighted by Crippen LogP contribution is -2.36. The van der Waals surface area contributed by atoms with Gasteiger partial charge in [0.2, 0.25) is 0 Å². The van der Waals surface area contributed by atoms with Crippen LogP contribution >= 0.6 is 0 Å². The van der Waals surface area contributed by atoms with Crippen LogP contribution in [0.5, 0.6) is 0 Å². The number of alkyl halides is 8. The quantitative estimate of drug-likeness (QED) is 0.101. The molecule has 0 radical (unpaired) electrons. The van der Waals surface area contributed by atoms with E-state index in [9.17, 15) is 49.4 Å². The van der Waals surface area contributed by atoms with E-state index >= 15 is 0 Å². The van der Waals surface area contributed by atoms with Crippen LogP contribution in [-0.4, -0.2) is 32.7 Å². The van der Waals surface area contributed by atoms with Gasteiger partial charge in [-0.1, -0.05) is 33.3 Å². The van der Waals surface area contributed by atoms with Gasteiger partial charge in [0, 0.05) is 40.9 Å². The molecule has 0 aliphatic heterocycles. The fourth-order valence-corrected chi connectivity index (χ4v) is 5.26. The summed E-state index contributed by atoms with van der Waals surface area (Å²) >= 11 is 0. The van der Waals surface area contributed by atoms with Crippen molar-refractivity contribution in [3.8, 4) is 0 Å². The summed E-state index contributed by atoms with van der Waals surface area (Å²) < 4.78 is 115. The average Bonchev–Trinajstić information content (AvgIpc) is 2.73. The van der Waals surface area contributed by atoms with Crippen LogP contribution in [0.2, 0.25) is 0 Å². The topological polar surface area (TPSA) is 60.2 Å². The fraction of sp³-hybridized carbons (Fsp3) is 0.739. The number of rotatable bonds is 14. The molecule has 0 N–H and O–H groups in total. The minimum absolute atomic E-state index is 0.0135. The van der Waals surface area contributed by atoms with Gasteiger partial charge >= 0.3 is 18.3 Å². The summed E-state index contributed by atoms with van der Waals surface area (Å²) in [5.74, 6) is -5.47. The van der Waals surface area contributed by atoms with E-state index in [1.54, 1.807) is 6.92 Å². The van der Waals surface area contributed by atoms with E-state index in [4.69, 9.17) is 0 Å². The molecule has 0 amide bonds. The first-order chi connectivity index (χ1) is 16.3. The van der Waals surface area contributed by atoms with Crippen LogP contribution < -0.4 is 0 Å². The fourth-order valence-electron chi connectivity index (χ4n) is 4.07. The zero-order valence-electron chi connectivity index (χ0n) is 20.3. The molecule has 2 unspecified atom stereocenters. The monoisotopic (exact) mass is 553 g/mol. The van der Waals surface area contributed by atoms with Crippen molar-refractivity contribution in [3.63, 3.8) is 0 Å². The molecule has 0 saturated carbocycles. The van der Waals surface area contributed by atoms with E-state index < -0.39 is 69.4 Å². The molecule has 4 nitrogen and oxygen atoms in total. The van der Waals surface area contributed by atoms with Crippen LogP contribution in [0.1, 0.15) is 82.8 Å². The molecule has 0 fully saturated rings. The Hall–Kier alpha value is -1.79. The summed E-state index contributed by atoms with van der Waals surface area (Å²) in [6.07, 6.45) is -10.1. The first-order valence-electron chi connectivity index (χ1n) is 11.5. The highest BCUT2D eigenvalue weighted by Crippen LogP contribution is 2.43. The van der Waals surface area contributed by atoms with Crippen molar-refractivity contribution in [2.24, 2.45) is 5.41 Å². The first kappa shape index (κ1) is 32.2. The Morgan fingerprint density at radius 2 is 1.53 bits per heavy atom. The summed E-state index contributed by atoms with van der Waals surface area (Å²) in [4.78, 5) is 10.1. The van der Waals surface area contributed by atoms with E-state index in [1.165, 1.54) is 0 Å². The Labute approximate surface area is 207 Å². The Morgan fingerprint density at radius 1 is 0.944 bits per heavy atom. The molecule has 0 aliphatic carbocycles. The second-order valence-corrected chi connectivity index (χ2v) is 11.3. The molecule has 0 aliphatic rings. The molecular weight excluding hydrogens is 522 g/mol. The summed E-state index contributed by atoms with van der Waals surface area (Å²) in [5.41, 5.74) is -2.12. The second-order valence-electron chi connectivity index (χ2n) is 9.61. The molecule has 36 heavy (non-hydrogen) atoms. The third-order valence-corrected chi connectivity index (χ3v) is 7.53. The van der Waals surface area contributed by atoms with E-state index in [2.05, 4.69) is 0 Å². The number of nitro benzene ring substituents is 1. The molecule has 13 heteroatoms. The number of unbranched alkanes of at least 4 members (excludes halogenated alkanes) is 1. The van der Waals surface area contributed by atoms with Crippen LogP contribution in [0.25, 0.3) is 0 Å². The van der Waals surface area contributed by atoms with Gasteiger partial charge in [0.15, 0.2) is 0 Å². The van der Waals surface area contributed by atoms with Crippen molar-refractivity contribution >= 4 is 16.5 Å². The number of benzene rings is 1. The van der Waals surface area contributed by atoms with Gasteiger partial charge in [0.25, 0.3) is 5.69 Å². The highest BCUT2D eigenvalue weighted by Gasteiger charge is 2.56. The lowest BCUT2D eigenvalue weighted by molar-refractivity contribution is -0.385. The maximum absolute atomic E-state index is 13.6. The third kappa shape index (κ3) is 9.93. The van der Waals surface area contributed by atoms with Crippen LogP contribution in [0.4, 0.5) is 40.8 Å². The number of nitro groups is 1. The molecule has 1 rings (SSSR count). The smallest absolute Gasteiger partial charge is 0.260 e. The summed E-state index contributed by atoms with van der Waals surface area (Å²) in [5, 5.41) is 10.9. The lowest BCUT2D eigenvalue weighted by Gasteiger charge is -2.31. The van der Waals surface area contributed by atoms with E-state index in [0.29, 0.717) is 38.2 Å². The Balaban J connectivity index is 2.66. The van der Waals surface area contributed by atoms with Crippen LogP contribution in [-0.2, 0) is 17.0 Å². The van der Waals surface area contributed by atoms with Gasteiger partial charge in [-0.25, -0.2) is 0 Å². The molecule has 2 atom stereocenters. The Morgan fingerprint density at radius 3 is 2.03 bits per heavy atom. The van der Waals surface area contributed by atoms with E-state index in [0.717, 1.165) is 12.1 Å². The molecular formula is C23H31F8NO3S. The molecule has 0 aromatic heterocycles. The molecule has 208 valence electrons. The van der Waals surface area contributed by atoms with Gasteiger partial charge in [-0.05, 0) is 49.0 Å². The normalized spacial score (nSPS) is 15.1. The van der Waals surface area contributed by atoms with E-state index in [1.807, 2.05) is 13.8 Å². The highest BCUT2D eigenvalue weighted by molar-refractivity contribution is 7.84. The van der Waals surface area contributed by atoms with Crippen LogP contribution in [0.3, 0.4) is 0 Å². The third-order valence-electron chi connectivity index (χ3n) is 6.04. The molecule has 1 aromatic carbocycles. The zero-order chi connectivity index (χ0) is 27.9. The van der Waals surface area contributed by atoms with Crippen molar-refractivity contribution in [2.45, 2.75) is 89.9 Å². The first-order valence-corrected chi connectivity index (χ1v) is 12.9. The molecule has 0 bridgehead atoms. The van der Waals surface area contributed by atoms with Crippen molar-refractivity contribution in [3.05, 3.63) is 39.4 Å². The van der Waals surface area contributed by atoms with Crippen molar-refractivity contribution in [1.29, 1.82) is 0 Å². The molecule has 0 saturated heterocycles. The SMILES string of the molecule is CCC(CC(C)(C)CCCCS(=O)CCCC(F)(F)C(F)(F)F)c1ccc([N+](=O)[O-])cc1C(F)(F)F.